The Bertz CT molecular complexity index is 430. The second kappa shape index (κ2) is 7.52. The highest BCUT2D eigenvalue weighted by Crippen LogP contribution is 2.18. The zero-order valence-corrected chi connectivity index (χ0v) is 11.9. The normalized spacial score (nSPS) is 18.6. The van der Waals surface area contributed by atoms with Crippen LogP contribution in [0.2, 0.25) is 0 Å². The first-order valence-corrected chi connectivity index (χ1v) is 6.26. The van der Waals surface area contributed by atoms with Crippen molar-refractivity contribution < 1.29 is 22.3 Å². The summed E-state index contributed by atoms with van der Waals surface area (Å²) in [5.74, 6) is 6.01. The molecular weight excluding hydrogens is 262 g/mol. The SMILES string of the molecule is CC(O)(C#CCN1CCOCC1)c1ccccc1.[Cl-]. The van der Waals surface area contributed by atoms with Gasteiger partial charge in [-0.25, -0.2) is 0 Å². The molecule has 2 rings (SSSR count). The zero-order valence-electron chi connectivity index (χ0n) is 11.1. The summed E-state index contributed by atoms with van der Waals surface area (Å²) in [5.41, 5.74) is -0.243. The molecule has 0 aliphatic carbocycles. The van der Waals surface area contributed by atoms with Gasteiger partial charge in [-0.2, -0.15) is 0 Å². The topological polar surface area (TPSA) is 32.7 Å². The van der Waals surface area contributed by atoms with E-state index in [1.165, 1.54) is 0 Å². The number of rotatable bonds is 2. The van der Waals surface area contributed by atoms with Gasteiger partial charge in [0.25, 0.3) is 0 Å². The van der Waals surface area contributed by atoms with Crippen LogP contribution < -0.4 is 12.4 Å². The number of ether oxygens (including phenoxy) is 1. The van der Waals surface area contributed by atoms with E-state index < -0.39 is 5.60 Å². The summed E-state index contributed by atoms with van der Waals surface area (Å²) in [6.45, 7) is 5.80. The summed E-state index contributed by atoms with van der Waals surface area (Å²) in [6, 6.07) is 9.54. The molecule has 1 saturated heterocycles. The predicted octanol–water partition coefficient (Wildman–Crippen LogP) is -1.77. The number of benzene rings is 1. The minimum absolute atomic E-state index is 0. The molecule has 1 aliphatic heterocycles. The van der Waals surface area contributed by atoms with Crippen molar-refractivity contribution in [1.82, 2.24) is 4.90 Å². The molecule has 1 aromatic carbocycles. The lowest BCUT2D eigenvalue weighted by atomic mass is 9.97. The fourth-order valence-corrected chi connectivity index (χ4v) is 1.92. The molecule has 1 fully saturated rings. The van der Waals surface area contributed by atoms with Gasteiger partial charge in [-0.15, -0.1) is 0 Å². The van der Waals surface area contributed by atoms with Crippen LogP contribution in [0, 0.1) is 11.8 Å². The maximum Gasteiger partial charge on any atom is 0.148 e. The number of halogens is 1. The van der Waals surface area contributed by atoms with E-state index in [1.54, 1.807) is 6.92 Å². The monoisotopic (exact) mass is 280 g/mol. The summed E-state index contributed by atoms with van der Waals surface area (Å²) in [7, 11) is 0. The number of aliphatic hydroxyl groups is 1. The highest BCUT2D eigenvalue weighted by Gasteiger charge is 2.19. The fourth-order valence-electron chi connectivity index (χ4n) is 1.92. The Balaban J connectivity index is 0.00000180. The lowest BCUT2D eigenvalue weighted by molar-refractivity contribution is -0.00000914. The Labute approximate surface area is 121 Å². The van der Waals surface area contributed by atoms with Crippen LogP contribution in [0.15, 0.2) is 30.3 Å². The van der Waals surface area contributed by atoms with Crippen LogP contribution in [0.3, 0.4) is 0 Å². The first kappa shape index (κ1) is 16.0. The van der Waals surface area contributed by atoms with Crippen molar-refractivity contribution >= 4 is 0 Å². The van der Waals surface area contributed by atoms with Gasteiger partial charge in [0.1, 0.15) is 5.60 Å². The van der Waals surface area contributed by atoms with E-state index in [1.807, 2.05) is 30.3 Å². The van der Waals surface area contributed by atoms with Crippen LogP contribution in [-0.4, -0.2) is 42.9 Å². The number of hydrogen-bond acceptors (Lipinski definition) is 3. The Hall–Kier alpha value is -1.05. The van der Waals surface area contributed by atoms with Crippen LogP contribution in [-0.2, 0) is 10.3 Å². The Morgan fingerprint density at radius 2 is 1.89 bits per heavy atom. The van der Waals surface area contributed by atoms with E-state index in [9.17, 15) is 5.11 Å². The average molecular weight is 281 g/mol. The van der Waals surface area contributed by atoms with Gasteiger partial charge in [0.2, 0.25) is 0 Å². The molecule has 3 nitrogen and oxygen atoms in total. The second-order valence-corrected chi connectivity index (χ2v) is 4.63. The first-order valence-electron chi connectivity index (χ1n) is 6.26. The highest BCUT2D eigenvalue weighted by atomic mass is 35.5. The summed E-state index contributed by atoms with van der Waals surface area (Å²) in [4.78, 5) is 2.23. The minimum Gasteiger partial charge on any atom is -1.00 e. The molecule has 19 heavy (non-hydrogen) atoms. The highest BCUT2D eigenvalue weighted by molar-refractivity contribution is 5.30. The van der Waals surface area contributed by atoms with E-state index in [-0.39, 0.29) is 12.4 Å². The number of morpholine rings is 1. The van der Waals surface area contributed by atoms with E-state index in [0.717, 1.165) is 31.9 Å². The zero-order chi connectivity index (χ0) is 12.8. The molecule has 4 heteroatoms. The first-order chi connectivity index (χ1) is 8.68. The number of hydrogen-bond donors (Lipinski definition) is 1. The summed E-state index contributed by atoms with van der Waals surface area (Å²) in [6.07, 6.45) is 0. The van der Waals surface area contributed by atoms with Crippen molar-refractivity contribution in [2.75, 3.05) is 32.8 Å². The molecule has 1 atom stereocenters. The predicted molar refractivity (Wildman–Crippen MR) is 71.0 cm³/mol. The molecule has 1 N–H and O–H groups in total. The molecular formula is C15H19ClNO2-. The third-order valence-corrected chi connectivity index (χ3v) is 3.07. The van der Waals surface area contributed by atoms with Gasteiger partial charge in [-0.3, -0.25) is 4.90 Å². The van der Waals surface area contributed by atoms with Crippen LogP contribution in [0.25, 0.3) is 0 Å². The molecule has 0 aromatic heterocycles. The van der Waals surface area contributed by atoms with Gasteiger partial charge in [0.05, 0.1) is 19.8 Å². The average Bonchev–Trinajstić information content (AvgIpc) is 2.41. The molecule has 1 aromatic rings. The van der Waals surface area contributed by atoms with Gasteiger partial charge in [0, 0.05) is 13.1 Å². The molecule has 1 heterocycles. The molecule has 0 bridgehead atoms. The lowest BCUT2D eigenvalue weighted by Crippen LogP contribution is -3.00. The Morgan fingerprint density at radius 1 is 1.26 bits per heavy atom. The van der Waals surface area contributed by atoms with Crippen molar-refractivity contribution in [3.63, 3.8) is 0 Å². The third kappa shape index (κ3) is 4.85. The van der Waals surface area contributed by atoms with Gasteiger partial charge in [0.15, 0.2) is 0 Å². The van der Waals surface area contributed by atoms with E-state index in [4.69, 9.17) is 4.74 Å². The van der Waals surface area contributed by atoms with Crippen LogP contribution in [0.4, 0.5) is 0 Å². The summed E-state index contributed by atoms with van der Waals surface area (Å²) in [5, 5.41) is 10.3. The molecule has 1 aliphatic rings. The fraction of sp³-hybridized carbons (Fsp3) is 0.467. The third-order valence-electron chi connectivity index (χ3n) is 3.07. The van der Waals surface area contributed by atoms with Crippen molar-refractivity contribution in [3.8, 4) is 11.8 Å². The van der Waals surface area contributed by atoms with Gasteiger partial charge >= 0.3 is 0 Å². The maximum atomic E-state index is 10.3. The Kier molecular flexibility index (Phi) is 6.33. The van der Waals surface area contributed by atoms with Crippen molar-refractivity contribution in [2.45, 2.75) is 12.5 Å². The molecule has 0 saturated carbocycles. The number of nitrogens with zero attached hydrogens (tertiary/aromatic N) is 1. The van der Waals surface area contributed by atoms with Crippen LogP contribution >= 0.6 is 0 Å². The minimum atomic E-state index is -1.08. The maximum absolute atomic E-state index is 10.3. The van der Waals surface area contributed by atoms with Crippen molar-refractivity contribution in [2.24, 2.45) is 0 Å². The van der Waals surface area contributed by atoms with Gasteiger partial charge < -0.3 is 22.3 Å². The van der Waals surface area contributed by atoms with Crippen molar-refractivity contribution in [3.05, 3.63) is 35.9 Å². The van der Waals surface area contributed by atoms with Crippen molar-refractivity contribution in [1.29, 1.82) is 0 Å². The molecule has 104 valence electrons. The molecule has 0 spiro atoms. The molecule has 0 radical (unpaired) electrons. The smallest absolute Gasteiger partial charge is 0.148 e. The summed E-state index contributed by atoms with van der Waals surface area (Å²) >= 11 is 0. The van der Waals surface area contributed by atoms with E-state index in [0.29, 0.717) is 6.54 Å². The van der Waals surface area contributed by atoms with E-state index in [2.05, 4.69) is 16.7 Å². The van der Waals surface area contributed by atoms with E-state index >= 15 is 0 Å². The van der Waals surface area contributed by atoms with Crippen LogP contribution in [0.5, 0.6) is 0 Å². The quantitative estimate of drug-likeness (QED) is 0.651. The summed E-state index contributed by atoms with van der Waals surface area (Å²) < 4.78 is 5.28. The Morgan fingerprint density at radius 3 is 2.53 bits per heavy atom. The lowest BCUT2D eigenvalue weighted by Gasteiger charge is -2.24. The van der Waals surface area contributed by atoms with Gasteiger partial charge in [-0.05, 0) is 12.5 Å². The molecule has 0 amide bonds. The van der Waals surface area contributed by atoms with Gasteiger partial charge in [-0.1, -0.05) is 42.2 Å². The largest absolute Gasteiger partial charge is 1.00 e. The van der Waals surface area contributed by atoms with Crippen LogP contribution in [0.1, 0.15) is 12.5 Å². The second-order valence-electron chi connectivity index (χ2n) is 4.63. The molecule has 1 unspecified atom stereocenters. The standard InChI is InChI=1S/C15H19NO2.ClH/c1-15(17,14-6-3-2-4-7-14)8-5-9-16-10-12-18-13-11-16;/h2-4,6-7,17H,9-13H2,1H3;1H/p-1.